The van der Waals surface area contributed by atoms with Gasteiger partial charge in [-0.05, 0) is 12.0 Å². The lowest BCUT2D eigenvalue weighted by molar-refractivity contribution is 0.261. The van der Waals surface area contributed by atoms with Gasteiger partial charge in [0.15, 0.2) is 0 Å². The van der Waals surface area contributed by atoms with Crippen molar-refractivity contribution >= 4 is 5.82 Å². The monoisotopic (exact) mass is 181 g/mol. The zero-order valence-electron chi connectivity index (χ0n) is 7.95. The van der Waals surface area contributed by atoms with Crippen LogP contribution in [0.3, 0.4) is 0 Å². The van der Waals surface area contributed by atoms with Crippen LogP contribution in [-0.2, 0) is 0 Å². The number of aromatic nitrogens is 1. The first-order valence-corrected chi connectivity index (χ1v) is 4.29. The lowest BCUT2D eigenvalue weighted by atomic mass is 10.2. The molecule has 0 fully saturated rings. The summed E-state index contributed by atoms with van der Waals surface area (Å²) < 4.78 is 5.40. The molecule has 4 heteroatoms. The molecular formula is C9H15N3O. The number of nitrogens with two attached hydrogens (primary N) is 1. The first-order valence-electron chi connectivity index (χ1n) is 4.29. The number of pyridine rings is 1. The quantitative estimate of drug-likeness (QED) is 0.544. The Kier molecular flexibility index (Phi) is 3.52. The van der Waals surface area contributed by atoms with E-state index >= 15 is 0 Å². The zero-order chi connectivity index (χ0) is 9.68. The van der Waals surface area contributed by atoms with Gasteiger partial charge in [0.1, 0.15) is 5.82 Å². The summed E-state index contributed by atoms with van der Waals surface area (Å²) in [5.41, 5.74) is 2.46. The molecule has 4 nitrogen and oxygen atoms in total. The van der Waals surface area contributed by atoms with Crippen molar-refractivity contribution in [1.82, 2.24) is 4.98 Å². The number of hydrazine groups is 1. The van der Waals surface area contributed by atoms with Crippen LogP contribution < -0.4 is 16.0 Å². The minimum atomic E-state index is 0.497. The first kappa shape index (κ1) is 9.80. The minimum absolute atomic E-state index is 0.497. The second-order valence-electron chi connectivity index (χ2n) is 3.21. The second-order valence-corrected chi connectivity index (χ2v) is 3.21. The summed E-state index contributed by atoms with van der Waals surface area (Å²) in [6, 6.07) is 5.43. The van der Waals surface area contributed by atoms with E-state index in [0.717, 1.165) is 0 Å². The molecule has 0 bridgehead atoms. The molecule has 0 aliphatic carbocycles. The smallest absolute Gasteiger partial charge is 0.215 e. The predicted octanol–water partition coefficient (Wildman–Crippen LogP) is 1.40. The second kappa shape index (κ2) is 4.67. The average Bonchev–Trinajstić information content (AvgIpc) is 2.15. The van der Waals surface area contributed by atoms with E-state index in [1.54, 1.807) is 6.07 Å². The van der Waals surface area contributed by atoms with E-state index in [2.05, 4.69) is 24.3 Å². The van der Waals surface area contributed by atoms with E-state index in [9.17, 15) is 0 Å². The molecule has 1 rings (SSSR count). The Morgan fingerprint density at radius 1 is 1.54 bits per heavy atom. The van der Waals surface area contributed by atoms with Crippen LogP contribution in [0.1, 0.15) is 13.8 Å². The summed E-state index contributed by atoms with van der Waals surface area (Å²) in [4.78, 5) is 4.10. The number of nitrogen functional groups attached to an aromatic ring is 1. The molecule has 0 atom stereocenters. The summed E-state index contributed by atoms with van der Waals surface area (Å²) in [5.74, 6) is 6.92. The maximum absolute atomic E-state index is 5.40. The largest absolute Gasteiger partial charge is 0.477 e. The molecule has 0 saturated heterocycles. The van der Waals surface area contributed by atoms with E-state index in [4.69, 9.17) is 10.6 Å². The highest BCUT2D eigenvalue weighted by molar-refractivity contribution is 5.35. The summed E-state index contributed by atoms with van der Waals surface area (Å²) in [7, 11) is 0. The Morgan fingerprint density at radius 3 is 2.92 bits per heavy atom. The number of nitrogens with zero attached hydrogens (tertiary/aromatic N) is 1. The molecule has 1 aromatic rings. The Bertz CT molecular complexity index is 263. The Morgan fingerprint density at radius 2 is 2.31 bits per heavy atom. The molecule has 0 amide bonds. The molecule has 0 spiro atoms. The molecule has 0 aliphatic rings. The molecule has 3 N–H and O–H groups in total. The van der Waals surface area contributed by atoms with Crippen LogP contribution in [-0.4, -0.2) is 11.6 Å². The molecule has 1 heterocycles. The van der Waals surface area contributed by atoms with Crippen LogP contribution in [0, 0.1) is 5.92 Å². The number of ether oxygens (including phenoxy) is 1. The lowest BCUT2D eigenvalue weighted by Gasteiger charge is -2.08. The highest BCUT2D eigenvalue weighted by Crippen LogP contribution is 2.10. The fraction of sp³-hybridized carbons (Fsp3) is 0.444. The third-order valence-electron chi connectivity index (χ3n) is 1.44. The zero-order valence-corrected chi connectivity index (χ0v) is 7.95. The van der Waals surface area contributed by atoms with Crippen LogP contribution in [0.15, 0.2) is 18.2 Å². The van der Waals surface area contributed by atoms with E-state index in [-0.39, 0.29) is 0 Å². The fourth-order valence-corrected chi connectivity index (χ4v) is 0.828. The summed E-state index contributed by atoms with van der Waals surface area (Å²) >= 11 is 0. The lowest BCUT2D eigenvalue weighted by Crippen LogP contribution is -2.10. The van der Waals surface area contributed by atoms with Crippen molar-refractivity contribution in [2.24, 2.45) is 11.8 Å². The van der Waals surface area contributed by atoms with Gasteiger partial charge in [0.2, 0.25) is 5.88 Å². The van der Waals surface area contributed by atoms with Gasteiger partial charge in [-0.1, -0.05) is 19.9 Å². The van der Waals surface area contributed by atoms with E-state index in [1.807, 2.05) is 12.1 Å². The summed E-state index contributed by atoms with van der Waals surface area (Å²) in [5, 5.41) is 0. The Balaban J connectivity index is 2.56. The van der Waals surface area contributed by atoms with Gasteiger partial charge in [-0.25, -0.2) is 5.84 Å². The summed E-state index contributed by atoms with van der Waals surface area (Å²) in [6.07, 6.45) is 0. The standard InChI is InChI=1S/C9H15N3O/c1-7(2)6-13-9-5-3-4-8(11-9)12-10/h3-5,7H,6,10H2,1-2H3,(H,11,12). The number of rotatable bonds is 4. The van der Waals surface area contributed by atoms with Gasteiger partial charge in [-0.15, -0.1) is 0 Å². The van der Waals surface area contributed by atoms with Crippen LogP contribution >= 0.6 is 0 Å². The third kappa shape index (κ3) is 3.29. The Hall–Kier alpha value is -1.29. The minimum Gasteiger partial charge on any atom is -0.477 e. The molecule has 0 aliphatic heterocycles. The number of anilines is 1. The van der Waals surface area contributed by atoms with Crippen molar-refractivity contribution in [3.05, 3.63) is 18.2 Å². The summed E-state index contributed by atoms with van der Waals surface area (Å²) in [6.45, 7) is 4.84. The topological polar surface area (TPSA) is 60.2 Å². The van der Waals surface area contributed by atoms with Crippen molar-refractivity contribution in [2.75, 3.05) is 12.0 Å². The van der Waals surface area contributed by atoms with Gasteiger partial charge >= 0.3 is 0 Å². The average molecular weight is 181 g/mol. The maximum Gasteiger partial charge on any atom is 0.215 e. The molecule has 13 heavy (non-hydrogen) atoms. The van der Waals surface area contributed by atoms with E-state index < -0.39 is 0 Å². The van der Waals surface area contributed by atoms with Gasteiger partial charge in [0, 0.05) is 6.07 Å². The number of nitrogens with one attached hydrogen (secondary N) is 1. The van der Waals surface area contributed by atoms with Crippen molar-refractivity contribution in [3.63, 3.8) is 0 Å². The van der Waals surface area contributed by atoms with Crippen LogP contribution in [0.2, 0.25) is 0 Å². The molecule has 0 unspecified atom stereocenters. The van der Waals surface area contributed by atoms with E-state index in [1.165, 1.54) is 0 Å². The van der Waals surface area contributed by atoms with E-state index in [0.29, 0.717) is 24.2 Å². The van der Waals surface area contributed by atoms with Gasteiger partial charge in [-0.2, -0.15) is 4.98 Å². The van der Waals surface area contributed by atoms with Crippen molar-refractivity contribution in [3.8, 4) is 5.88 Å². The van der Waals surface area contributed by atoms with Crippen LogP contribution in [0.25, 0.3) is 0 Å². The molecule has 0 aromatic carbocycles. The highest BCUT2D eigenvalue weighted by Gasteiger charge is 1.98. The molecule has 1 aromatic heterocycles. The highest BCUT2D eigenvalue weighted by atomic mass is 16.5. The van der Waals surface area contributed by atoms with Crippen LogP contribution in [0.5, 0.6) is 5.88 Å². The fourth-order valence-electron chi connectivity index (χ4n) is 0.828. The van der Waals surface area contributed by atoms with Crippen molar-refractivity contribution in [1.29, 1.82) is 0 Å². The first-order chi connectivity index (χ1) is 6.22. The number of hydrogen-bond acceptors (Lipinski definition) is 4. The number of hydrogen-bond donors (Lipinski definition) is 2. The maximum atomic E-state index is 5.40. The molecular weight excluding hydrogens is 166 g/mol. The normalized spacial score (nSPS) is 10.2. The van der Waals surface area contributed by atoms with Gasteiger partial charge in [0.25, 0.3) is 0 Å². The predicted molar refractivity (Wildman–Crippen MR) is 52.4 cm³/mol. The Labute approximate surface area is 78.1 Å². The van der Waals surface area contributed by atoms with Crippen molar-refractivity contribution in [2.45, 2.75) is 13.8 Å². The van der Waals surface area contributed by atoms with Gasteiger partial charge in [-0.3, -0.25) is 0 Å². The van der Waals surface area contributed by atoms with Crippen LogP contribution in [0.4, 0.5) is 5.82 Å². The molecule has 72 valence electrons. The molecule has 0 saturated carbocycles. The molecule has 0 radical (unpaired) electrons. The van der Waals surface area contributed by atoms with Gasteiger partial charge < -0.3 is 10.2 Å². The third-order valence-corrected chi connectivity index (χ3v) is 1.44. The van der Waals surface area contributed by atoms with Crippen molar-refractivity contribution < 1.29 is 4.74 Å². The SMILES string of the molecule is CC(C)COc1cccc(NN)n1. The van der Waals surface area contributed by atoms with Gasteiger partial charge in [0.05, 0.1) is 6.61 Å².